The quantitative estimate of drug-likeness (QED) is 0.469. The Labute approximate surface area is 156 Å². The zero-order valence-corrected chi connectivity index (χ0v) is 15.4. The highest BCUT2D eigenvalue weighted by atomic mass is 79.9. The molecule has 0 aliphatic carbocycles. The lowest BCUT2D eigenvalue weighted by Gasteiger charge is -2.18. The van der Waals surface area contributed by atoms with Gasteiger partial charge >= 0.3 is 0 Å². The Bertz CT molecular complexity index is 1040. The van der Waals surface area contributed by atoms with E-state index in [4.69, 9.17) is 0 Å². The van der Waals surface area contributed by atoms with Gasteiger partial charge in [0, 0.05) is 10.2 Å². The fraction of sp³-hybridized carbons (Fsp3) is 0.0556. The van der Waals surface area contributed by atoms with Gasteiger partial charge in [-0.25, -0.2) is 4.39 Å². The first-order valence-electron chi connectivity index (χ1n) is 7.18. The summed E-state index contributed by atoms with van der Waals surface area (Å²) in [6.45, 7) is 0. The molecule has 25 heavy (non-hydrogen) atoms. The molecule has 124 valence electrons. The summed E-state index contributed by atoms with van der Waals surface area (Å²) in [7, 11) is 0. The monoisotopic (exact) mass is 415 g/mol. The van der Waals surface area contributed by atoms with Crippen LogP contribution in [0.2, 0.25) is 0 Å². The van der Waals surface area contributed by atoms with Crippen LogP contribution in [0, 0.1) is 17.1 Å². The molecule has 2 aromatic carbocycles. The maximum absolute atomic E-state index is 14.4. The number of benzene rings is 2. The minimum absolute atomic E-state index is 0.0597. The van der Waals surface area contributed by atoms with E-state index in [1.165, 1.54) is 17.8 Å². The topological polar surface area (TPSA) is 58.7 Å². The van der Waals surface area contributed by atoms with Crippen LogP contribution in [-0.2, 0) is 0 Å². The van der Waals surface area contributed by atoms with Gasteiger partial charge in [-0.2, -0.15) is 10.2 Å². The van der Waals surface area contributed by atoms with E-state index in [0.29, 0.717) is 10.7 Å². The predicted molar refractivity (Wildman–Crippen MR) is 99.4 cm³/mol. The van der Waals surface area contributed by atoms with E-state index < -0.39 is 11.4 Å². The van der Waals surface area contributed by atoms with Gasteiger partial charge in [-0.15, -0.1) is 11.8 Å². The van der Waals surface area contributed by atoms with E-state index >= 15 is 0 Å². The van der Waals surface area contributed by atoms with E-state index in [1.807, 2.05) is 30.3 Å². The van der Waals surface area contributed by atoms with Gasteiger partial charge in [-0.1, -0.05) is 28.1 Å². The molecule has 1 aromatic heterocycles. The van der Waals surface area contributed by atoms with Crippen LogP contribution in [0.25, 0.3) is 17.1 Å². The smallest absolute Gasteiger partial charge is 0.287 e. The van der Waals surface area contributed by atoms with Crippen molar-refractivity contribution >= 4 is 27.7 Å². The Kier molecular flexibility index (Phi) is 5.02. The first kappa shape index (κ1) is 17.4. The number of nitriles is 1. The molecule has 0 saturated carbocycles. The largest absolute Gasteiger partial charge is 0.292 e. The van der Waals surface area contributed by atoms with E-state index in [9.17, 15) is 14.4 Å². The van der Waals surface area contributed by atoms with Crippen LogP contribution in [-0.4, -0.2) is 15.8 Å². The summed E-state index contributed by atoms with van der Waals surface area (Å²) in [6.07, 6.45) is 1.76. The molecular formula is C18H11BrFN3OS. The Morgan fingerprint density at radius 1 is 1.20 bits per heavy atom. The second kappa shape index (κ2) is 7.21. The highest BCUT2D eigenvalue weighted by Gasteiger charge is 2.20. The molecule has 0 saturated heterocycles. The van der Waals surface area contributed by atoms with Gasteiger partial charge in [0.15, 0.2) is 5.82 Å². The van der Waals surface area contributed by atoms with Crippen LogP contribution >= 0.6 is 27.7 Å². The van der Waals surface area contributed by atoms with E-state index in [0.717, 1.165) is 4.47 Å². The average Bonchev–Trinajstić information content (AvgIpc) is 2.62. The third-order valence-corrected chi connectivity index (χ3v) is 4.86. The summed E-state index contributed by atoms with van der Waals surface area (Å²) in [5.41, 5.74) is 0.145. The summed E-state index contributed by atoms with van der Waals surface area (Å²) in [6, 6.07) is 15.3. The first-order chi connectivity index (χ1) is 12.1. The number of thioether (sulfide) groups is 1. The molecule has 0 bridgehead atoms. The molecule has 0 amide bonds. The first-order valence-corrected chi connectivity index (χ1v) is 9.20. The van der Waals surface area contributed by atoms with E-state index in [-0.39, 0.29) is 17.0 Å². The van der Waals surface area contributed by atoms with Gasteiger partial charge in [-0.05, 0) is 42.7 Å². The van der Waals surface area contributed by atoms with Crippen LogP contribution in [0.4, 0.5) is 4.39 Å². The van der Waals surface area contributed by atoms with Gasteiger partial charge in [0.05, 0.1) is 5.56 Å². The highest BCUT2D eigenvalue weighted by Crippen LogP contribution is 2.30. The molecule has 0 aliphatic heterocycles. The van der Waals surface area contributed by atoms with E-state index in [2.05, 4.69) is 20.9 Å². The van der Waals surface area contributed by atoms with Crippen LogP contribution in [0.5, 0.6) is 0 Å². The van der Waals surface area contributed by atoms with Crippen molar-refractivity contribution in [2.75, 3.05) is 6.26 Å². The Morgan fingerprint density at radius 3 is 2.48 bits per heavy atom. The van der Waals surface area contributed by atoms with Crippen LogP contribution in [0.15, 0.2) is 62.8 Å². The zero-order valence-electron chi connectivity index (χ0n) is 13.0. The molecule has 3 aromatic rings. The maximum Gasteiger partial charge on any atom is 0.292 e. The number of rotatable bonds is 3. The predicted octanol–water partition coefficient (Wildman–Crippen LogP) is 4.39. The molecule has 4 nitrogen and oxygen atoms in total. The van der Waals surface area contributed by atoms with Crippen molar-refractivity contribution in [2.45, 2.75) is 5.03 Å². The molecule has 0 spiro atoms. The lowest BCUT2D eigenvalue weighted by molar-refractivity contribution is 0.628. The standard InChI is InChI=1S/C18H11BrFN3OS/c1-25-18-14(10-21)17(24)22-16(13-4-2-3-5-15(13)20)23(18)12-8-6-11(19)7-9-12/h2-9H,1H3. The van der Waals surface area contributed by atoms with Gasteiger partial charge in [0.25, 0.3) is 5.56 Å². The Morgan fingerprint density at radius 2 is 1.88 bits per heavy atom. The van der Waals surface area contributed by atoms with Crippen molar-refractivity contribution in [3.8, 4) is 23.1 Å². The molecule has 0 N–H and O–H groups in total. The number of hydrogen-bond acceptors (Lipinski definition) is 4. The summed E-state index contributed by atoms with van der Waals surface area (Å²) in [5, 5.41) is 9.78. The highest BCUT2D eigenvalue weighted by molar-refractivity contribution is 9.10. The van der Waals surface area contributed by atoms with E-state index in [1.54, 1.807) is 29.0 Å². The fourth-order valence-corrected chi connectivity index (χ4v) is 3.42. The average molecular weight is 416 g/mol. The maximum atomic E-state index is 14.4. The van der Waals surface area contributed by atoms with Gasteiger partial charge < -0.3 is 0 Å². The van der Waals surface area contributed by atoms with Gasteiger partial charge in [-0.3, -0.25) is 9.36 Å². The van der Waals surface area contributed by atoms with Gasteiger partial charge in [0.2, 0.25) is 0 Å². The second-order valence-corrected chi connectivity index (χ2v) is 6.74. The second-order valence-electron chi connectivity index (χ2n) is 5.03. The fourth-order valence-electron chi connectivity index (χ4n) is 2.44. The molecular weight excluding hydrogens is 405 g/mol. The van der Waals surface area contributed by atoms with Crippen LogP contribution < -0.4 is 5.56 Å². The molecule has 0 atom stereocenters. The molecule has 0 fully saturated rings. The Balaban J connectivity index is 2.45. The summed E-state index contributed by atoms with van der Waals surface area (Å²) in [4.78, 5) is 16.3. The van der Waals surface area contributed by atoms with Crippen molar-refractivity contribution in [1.29, 1.82) is 5.26 Å². The van der Waals surface area contributed by atoms with Crippen LogP contribution in [0.3, 0.4) is 0 Å². The minimum Gasteiger partial charge on any atom is -0.287 e. The lowest BCUT2D eigenvalue weighted by Crippen LogP contribution is -2.20. The molecule has 1 heterocycles. The summed E-state index contributed by atoms with van der Waals surface area (Å²) < 4.78 is 16.9. The Hall–Kier alpha value is -2.43. The molecule has 0 radical (unpaired) electrons. The third kappa shape index (κ3) is 3.23. The summed E-state index contributed by atoms with van der Waals surface area (Å²) >= 11 is 4.62. The van der Waals surface area contributed by atoms with Crippen molar-refractivity contribution in [1.82, 2.24) is 9.55 Å². The zero-order chi connectivity index (χ0) is 18.0. The molecule has 3 rings (SSSR count). The number of halogens is 2. The van der Waals surface area contributed by atoms with Crippen molar-refractivity contribution < 1.29 is 4.39 Å². The molecule has 7 heteroatoms. The number of nitrogens with zero attached hydrogens (tertiary/aromatic N) is 3. The lowest BCUT2D eigenvalue weighted by atomic mass is 10.1. The summed E-state index contributed by atoms with van der Waals surface area (Å²) in [5.74, 6) is -0.328. The molecule has 0 unspecified atom stereocenters. The number of hydrogen-bond donors (Lipinski definition) is 0. The van der Waals surface area contributed by atoms with Crippen molar-refractivity contribution in [3.63, 3.8) is 0 Å². The number of aromatic nitrogens is 2. The van der Waals surface area contributed by atoms with Crippen molar-refractivity contribution in [2.24, 2.45) is 0 Å². The van der Waals surface area contributed by atoms with Crippen molar-refractivity contribution in [3.05, 3.63) is 74.7 Å². The SMILES string of the molecule is CSc1c(C#N)c(=O)nc(-c2ccccc2F)n1-c1ccc(Br)cc1. The third-order valence-electron chi connectivity index (χ3n) is 3.55. The van der Waals surface area contributed by atoms with Gasteiger partial charge in [0.1, 0.15) is 22.5 Å². The minimum atomic E-state index is -0.668. The molecule has 0 aliphatic rings. The van der Waals surface area contributed by atoms with Crippen LogP contribution in [0.1, 0.15) is 5.56 Å². The normalized spacial score (nSPS) is 10.5.